The summed E-state index contributed by atoms with van der Waals surface area (Å²) in [6.45, 7) is 7.44. The van der Waals surface area contributed by atoms with Crippen LogP contribution < -0.4 is 5.46 Å². The van der Waals surface area contributed by atoms with Gasteiger partial charge in [-0.1, -0.05) is 78.9 Å². The molecule has 1 heterocycles. The molecule has 6 rings (SSSR count). The fraction of sp³-hybridized carbons (Fsp3) is 0.176. The average Bonchev–Trinajstić information content (AvgIpc) is 3.29. The summed E-state index contributed by atoms with van der Waals surface area (Å²) in [5, 5.41) is 15.2. The van der Waals surface area contributed by atoms with Gasteiger partial charge in [-0.05, 0) is 90.4 Å². The van der Waals surface area contributed by atoms with E-state index in [9.17, 15) is 5.11 Å². The number of hydrogen-bond acceptors (Lipinski definition) is 3. The van der Waals surface area contributed by atoms with Gasteiger partial charge in [-0.25, -0.2) is 0 Å². The first kappa shape index (κ1) is 24.5. The molecule has 6 aromatic rings. The summed E-state index contributed by atoms with van der Waals surface area (Å²) in [7, 11) is 0.394. The van der Waals surface area contributed by atoms with Crippen LogP contribution in [0, 0.1) is 0 Å². The molecule has 0 amide bonds. The standard InChI is InChI=1S/C34H31BO3/c1-33(2,36)34(3,4)38-35-29-21-25(19-24-13-8-9-14-26(24)29)27-15-10-16-31-32(27)28-20-23(17-18-30(28)37-31)22-11-6-5-7-12-22/h5-21,35-36H,1-4H3. The fourth-order valence-corrected chi connectivity index (χ4v) is 4.98. The van der Waals surface area contributed by atoms with Gasteiger partial charge in [-0.2, -0.15) is 0 Å². The third-order valence-corrected chi connectivity index (χ3v) is 7.92. The molecule has 1 N–H and O–H groups in total. The topological polar surface area (TPSA) is 42.6 Å². The highest BCUT2D eigenvalue weighted by Crippen LogP contribution is 2.39. The van der Waals surface area contributed by atoms with E-state index in [-0.39, 0.29) is 0 Å². The lowest BCUT2D eigenvalue weighted by Crippen LogP contribution is -2.49. The molecule has 0 saturated carbocycles. The maximum absolute atomic E-state index is 10.6. The highest BCUT2D eigenvalue weighted by atomic mass is 16.5. The molecule has 0 spiro atoms. The van der Waals surface area contributed by atoms with E-state index in [0.717, 1.165) is 54.9 Å². The minimum absolute atomic E-state index is 0.394. The molecule has 0 aliphatic rings. The quantitative estimate of drug-likeness (QED) is 0.240. The largest absolute Gasteiger partial charge is 0.456 e. The maximum atomic E-state index is 10.6. The summed E-state index contributed by atoms with van der Waals surface area (Å²) in [4.78, 5) is 0. The van der Waals surface area contributed by atoms with Crippen LogP contribution in [-0.2, 0) is 4.65 Å². The van der Waals surface area contributed by atoms with Crippen LogP contribution in [0.2, 0.25) is 0 Å². The van der Waals surface area contributed by atoms with Crippen LogP contribution in [-0.4, -0.2) is 23.8 Å². The third-order valence-electron chi connectivity index (χ3n) is 7.92. The molecule has 188 valence electrons. The number of hydrogen-bond donors (Lipinski definition) is 1. The Morgan fingerprint density at radius 2 is 1.42 bits per heavy atom. The Balaban J connectivity index is 1.52. The van der Waals surface area contributed by atoms with Crippen molar-refractivity contribution in [2.45, 2.75) is 38.9 Å². The molecule has 0 aliphatic carbocycles. The first-order valence-electron chi connectivity index (χ1n) is 13.1. The van der Waals surface area contributed by atoms with E-state index in [1.165, 1.54) is 5.56 Å². The van der Waals surface area contributed by atoms with Gasteiger partial charge in [-0.15, -0.1) is 0 Å². The van der Waals surface area contributed by atoms with Crippen molar-refractivity contribution < 1.29 is 14.2 Å². The summed E-state index contributed by atoms with van der Waals surface area (Å²) in [5.41, 5.74) is 5.74. The van der Waals surface area contributed by atoms with E-state index in [4.69, 9.17) is 9.07 Å². The predicted octanol–water partition coefficient (Wildman–Crippen LogP) is 7.62. The second-order valence-corrected chi connectivity index (χ2v) is 11.1. The molecule has 4 heteroatoms. The number of rotatable bonds is 6. The summed E-state index contributed by atoms with van der Waals surface area (Å²) >= 11 is 0. The van der Waals surface area contributed by atoms with Crippen LogP contribution in [0.4, 0.5) is 0 Å². The van der Waals surface area contributed by atoms with Crippen LogP contribution in [0.1, 0.15) is 27.7 Å². The monoisotopic (exact) mass is 498 g/mol. The zero-order valence-electron chi connectivity index (χ0n) is 22.3. The number of benzene rings is 5. The van der Waals surface area contributed by atoms with Crippen molar-refractivity contribution in [3.05, 3.63) is 103 Å². The van der Waals surface area contributed by atoms with Gasteiger partial charge >= 0.3 is 7.48 Å². The Labute approximate surface area is 224 Å². The molecule has 0 saturated heterocycles. The molecular formula is C34H31BO3. The van der Waals surface area contributed by atoms with Crippen LogP contribution >= 0.6 is 0 Å². The number of furan rings is 1. The van der Waals surface area contributed by atoms with Gasteiger partial charge in [0.2, 0.25) is 0 Å². The van der Waals surface area contributed by atoms with E-state index in [1.54, 1.807) is 13.8 Å². The fourth-order valence-electron chi connectivity index (χ4n) is 4.98. The van der Waals surface area contributed by atoms with Crippen LogP contribution in [0.5, 0.6) is 0 Å². The lowest BCUT2D eigenvalue weighted by Gasteiger charge is -2.37. The van der Waals surface area contributed by atoms with Crippen molar-refractivity contribution in [2.75, 3.05) is 0 Å². The summed E-state index contributed by atoms with van der Waals surface area (Å²) in [5.74, 6) is 0. The zero-order chi connectivity index (χ0) is 26.5. The van der Waals surface area contributed by atoms with Crippen LogP contribution in [0.3, 0.4) is 0 Å². The van der Waals surface area contributed by atoms with Gasteiger partial charge in [0.25, 0.3) is 0 Å². The molecular weight excluding hydrogens is 467 g/mol. The van der Waals surface area contributed by atoms with E-state index in [1.807, 2.05) is 26.0 Å². The SMILES string of the molecule is CC(C)(O)C(C)(C)OBc1cc(-c2cccc3oc4ccc(-c5ccccc5)cc4c23)cc2ccccc12. The second-order valence-electron chi connectivity index (χ2n) is 11.1. The first-order chi connectivity index (χ1) is 18.2. The molecule has 1 aromatic heterocycles. The Morgan fingerprint density at radius 1 is 0.658 bits per heavy atom. The van der Waals surface area contributed by atoms with Gasteiger partial charge in [0.1, 0.15) is 11.2 Å². The average molecular weight is 498 g/mol. The highest BCUT2D eigenvalue weighted by Gasteiger charge is 2.35. The van der Waals surface area contributed by atoms with Crippen LogP contribution in [0.15, 0.2) is 108 Å². The molecule has 0 aliphatic heterocycles. The smallest absolute Gasteiger partial charge is 0.310 e. The molecule has 5 aromatic carbocycles. The molecule has 0 radical (unpaired) electrons. The van der Waals surface area contributed by atoms with Crippen molar-refractivity contribution in [1.29, 1.82) is 0 Å². The maximum Gasteiger partial charge on any atom is 0.310 e. The molecule has 0 fully saturated rings. The Bertz CT molecular complexity index is 1780. The van der Waals surface area contributed by atoms with E-state index < -0.39 is 11.2 Å². The molecule has 3 nitrogen and oxygen atoms in total. The first-order valence-corrected chi connectivity index (χ1v) is 13.1. The van der Waals surface area contributed by atoms with Crippen molar-refractivity contribution in [1.82, 2.24) is 0 Å². The third kappa shape index (κ3) is 4.30. The number of aliphatic hydroxyl groups is 1. The summed E-state index contributed by atoms with van der Waals surface area (Å²) in [6, 6.07) is 36.0. The van der Waals surface area contributed by atoms with Gasteiger partial charge in [0, 0.05) is 10.8 Å². The Morgan fingerprint density at radius 3 is 2.21 bits per heavy atom. The summed E-state index contributed by atoms with van der Waals surface area (Å²) < 4.78 is 12.6. The molecule has 38 heavy (non-hydrogen) atoms. The Kier molecular flexibility index (Phi) is 5.90. The van der Waals surface area contributed by atoms with E-state index in [0.29, 0.717) is 7.48 Å². The summed E-state index contributed by atoms with van der Waals surface area (Å²) in [6.07, 6.45) is 0. The van der Waals surface area contributed by atoms with Crippen LogP contribution in [0.25, 0.3) is 55.0 Å². The van der Waals surface area contributed by atoms with Crippen molar-refractivity contribution in [3.8, 4) is 22.3 Å². The van der Waals surface area contributed by atoms with Gasteiger partial charge in [0.15, 0.2) is 0 Å². The molecule has 0 bridgehead atoms. The highest BCUT2D eigenvalue weighted by molar-refractivity contribution is 6.51. The van der Waals surface area contributed by atoms with Crippen molar-refractivity contribution in [3.63, 3.8) is 0 Å². The van der Waals surface area contributed by atoms with Crippen molar-refractivity contribution in [2.24, 2.45) is 0 Å². The lowest BCUT2D eigenvalue weighted by molar-refractivity contribution is -0.0893. The minimum atomic E-state index is -0.974. The zero-order valence-corrected chi connectivity index (χ0v) is 22.3. The molecule has 0 unspecified atom stereocenters. The molecule has 0 atom stereocenters. The second kappa shape index (κ2) is 9.16. The van der Waals surface area contributed by atoms with E-state index >= 15 is 0 Å². The lowest BCUT2D eigenvalue weighted by atomic mass is 9.78. The van der Waals surface area contributed by atoms with Gasteiger partial charge < -0.3 is 14.2 Å². The van der Waals surface area contributed by atoms with Gasteiger partial charge in [0.05, 0.1) is 11.2 Å². The number of fused-ring (bicyclic) bond motifs is 4. The van der Waals surface area contributed by atoms with Crippen molar-refractivity contribution >= 4 is 45.7 Å². The predicted molar refractivity (Wildman–Crippen MR) is 160 cm³/mol. The van der Waals surface area contributed by atoms with E-state index in [2.05, 4.69) is 91.0 Å². The van der Waals surface area contributed by atoms with Gasteiger partial charge in [-0.3, -0.25) is 0 Å². The minimum Gasteiger partial charge on any atom is -0.456 e. The Hall–Kier alpha value is -3.86. The normalized spacial score (nSPS) is 12.4.